The predicted molar refractivity (Wildman–Crippen MR) is 73.3 cm³/mol. The van der Waals surface area contributed by atoms with Gasteiger partial charge in [0, 0.05) is 24.8 Å². The van der Waals surface area contributed by atoms with Crippen molar-refractivity contribution in [2.24, 2.45) is 0 Å². The zero-order chi connectivity index (χ0) is 14.5. The van der Waals surface area contributed by atoms with E-state index in [1.807, 2.05) is 4.90 Å². The van der Waals surface area contributed by atoms with Crippen LogP contribution in [-0.2, 0) is 0 Å². The Labute approximate surface area is 118 Å². The molecule has 1 heterocycles. The molecule has 5 heteroatoms. The van der Waals surface area contributed by atoms with Gasteiger partial charge in [-0.25, -0.2) is 4.39 Å². The second-order valence-electron chi connectivity index (χ2n) is 5.01. The number of likely N-dealkylation sites (tertiary alicyclic amines) is 1. The van der Waals surface area contributed by atoms with E-state index in [-0.39, 0.29) is 24.3 Å². The standard InChI is InChI=1S/C15H20FNO3/c1-20-14-10-11(6-7-13(14)16)15(19)17-8-2-4-12(17)5-3-9-18/h6-7,10,12,18H,2-5,8-9H2,1H3. The van der Waals surface area contributed by atoms with E-state index in [1.165, 1.54) is 25.3 Å². The molecule has 0 bridgehead atoms. The molecule has 0 spiro atoms. The summed E-state index contributed by atoms with van der Waals surface area (Å²) < 4.78 is 18.3. The quantitative estimate of drug-likeness (QED) is 0.900. The number of halogens is 1. The maximum Gasteiger partial charge on any atom is 0.254 e. The van der Waals surface area contributed by atoms with Gasteiger partial charge in [0.1, 0.15) is 0 Å². The van der Waals surface area contributed by atoms with Crippen LogP contribution in [0.1, 0.15) is 36.0 Å². The monoisotopic (exact) mass is 281 g/mol. The van der Waals surface area contributed by atoms with E-state index >= 15 is 0 Å². The van der Waals surface area contributed by atoms with Crippen molar-refractivity contribution in [2.75, 3.05) is 20.3 Å². The van der Waals surface area contributed by atoms with Crippen LogP contribution in [0.2, 0.25) is 0 Å². The average Bonchev–Trinajstić information content (AvgIpc) is 2.93. The first-order chi connectivity index (χ1) is 9.67. The largest absolute Gasteiger partial charge is 0.494 e. The lowest BCUT2D eigenvalue weighted by atomic mass is 10.1. The predicted octanol–water partition coefficient (Wildman–Crippen LogP) is 2.21. The number of hydrogen-bond acceptors (Lipinski definition) is 3. The van der Waals surface area contributed by atoms with Crippen LogP contribution in [0.5, 0.6) is 5.75 Å². The fourth-order valence-electron chi connectivity index (χ4n) is 2.69. The smallest absolute Gasteiger partial charge is 0.254 e. The van der Waals surface area contributed by atoms with Gasteiger partial charge in [-0.2, -0.15) is 0 Å². The van der Waals surface area contributed by atoms with Crippen LogP contribution in [-0.4, -0.2) is 42.2 Å². The number of ether oxygens (including phenoxy) is 1. The summed E-state index contributed by atoms with van der Waals surface area (Å²) in [6, 6.07) is 4.36. The van der Waals surface area contributed by atoms with Crippen LogP contribution >= 0.6 is 0 Å². The summed E-state index contributed by atoms with van der Waals surface area (Å²) in [6.07, 6.45) is 3.44. The molecule has 1 aliphatic rings. The summed E-state index contributed by atoms with van der Waals surface area (Å²) in [7, 11) is 1.38. The number of aliphatic hydroxyl groups is 1. The van der Waals surface area contributed by atoms with E-state index in [0.29, 0.717) is 18.5 Å². The van der Waals surface area contributed by atoms with Gasteiger partial charge in [-0.3, -0.25) is 4.79 Å². The highest BCUT2D eigenvalue weighted by Gasteiger charge is 2.29. The number of benzene rings is 1. The maximum absolute atomic E-state index is 13.4. The van der Waals surface area contributed by atoms with Crippen LogP contribution in [0.15, 0.2) is 18.2 Å². The Kier molecular flexibility index (Phi) is 4.95. The van der Waals surface area contributed by atoms with Crippen molar-refractivity contribution in [3.63, 3.8) is 0 Å². The molecule has 0 aliphatic carbocycles. The van der Waals surface area contributed by atoms with Crippen LogP contribution in [0.25, 0.3) is 0 Å². The van der Waals surface area contributed by atoms with Crippen LogP contribution < -0.4 is 4.74 Å². The third-order valence-corrected chi connectivity index (χ3v) is 3.73. The lowest BCUT2D eigenvalue weighted by Gasteiger charge is -2.24. The van der Waals surface area contributed by atoms with Gasteiger partial charge in [-0.1, -0.05) is 0 Å². The molecule has 1 atom stereocenters. The first-order valence-electron chi connectivity index (χ1n) is 6.92. The van der Waals surface area contributed by atoms with Gasteiger partial charge in [0.15, 0.2) is 11.6 Å². The minimum absolute atomic E-state index is 0.0851. The molecule has 110 valence electrons. The van der Waals surface area contributed by atoms with E-state index in [0.717, 1.165) is 19.3 Å². The number of amides is 1. The topological polar surface area (TPSA) is 49.8 Å². The van der Waals surface area contributed by atoms with Crippen molar-refractivity contribution in [1.82, 2.24) is 4.90 Å². The third kappa shape index (κ3) is 3.10. The molecule has 20 heavy (non-hydrogen) atoms. The van der Waals surface area contributed by atoms with Crippen molar-refractivity contribution in [3.8, 4) is 5.75 Å². The number of carbonyl (C=O) groups is 1. The Bertz CT molecular complexity index is 478. The van der Waals surface area contributed by atoms with E-state index in [4.69, 9.17) is 9.84 Å². The number of aliphatic hydroxyl groups excluding tert-OH is 1. The van der Waals surface area contributed by atoms with Gasteiger partial charge in [-0.05, 0) is 43.9 Å². The number of rotatable bonds is 5. The average molecular weight is 281 g/mol. The summed E-state index contributed by atoms with van der Waals surface area (Å²) >= 11 is 0. The molecule has 1 fully saturated rings. The Morgan fingerprint density at radius 2 is 2.35 bits per heavy atom. The molecule has 1 unspecified atom stereocenters. The Hall–Kier alpha value is -1.62. The van der Waals surface area contributed by atoms with Gasteiger partial charge < -0.3 is 14.7 Å². The molecule has 1 amide bonds. The molecule has 1 aromatic carbocycles. The van der Waals surface area contributed by atoms with Crippen LogP contribution in [0.3, 0.4) is 0 Å². The zero-order valence-corrected chi connectivity index (χ0v) is 11.6. The Morgan fingerprint density at radius 3 is 3.05 bits per heavy atom. The molecule has 1 N–H and O–H groups in total. The first-order valence-corrected chi connectivity index (χ1v) is 6.92. The number of hydrogen-bond donors (Lipinski definition) is 1. The summed E-state index contributed by atoms with van der Waals surface area (Å²) in [5, 5.41) is 8.91. The molecule has 4 nitrogen and oxygen atoms in total. The molecule has 1 saturated heterocycles. The van der Waals surface area contributed by atoms with Gasteiger partial charge in [0.2, 0.25) is 0 Å². The molecule has 0 aromatic heterocycles. The molecule has 0 radical (unpaired) electrons. The summed E-state index contributed by atoms with van der Waals surface area (Å²) in [5.74, 6) is -0.479. The summed E-state index contributed by atoms with van der Waals surface area (Å²) in [4.78, 5) is 14.3. The normalized spacial score (nSPS) is 18.4. The fraction of sp³-hybridized carbons (Fsp3) is 0.533. The highest BCUT2D eigenvalue weighted by molar-refractivity contribution is 5.95. The first kappa shape index (κ1) is 14.8. The van der Waals surface area contributed by atoms with Gasteiger partial charge in [0.05, 0.1) is 7.11 Å². The van der Waals surface area contributed by atoms with Crippen LogP contribution in [0, 0.1) is 5.82 Å². The number of carbonyl (C=O) groups excluding carboxylic acids is 1. The number of methoxy groups -OCH3 is 1. The van der Waals surface area contributed by atoms with Gasteiger partial charge in [0.25, 0.3) is 5.91 Å². The van der Waals surface area contributed by atoms with E-state index in [2.05, 4.69) is 0 Å². The zero-order valence-electron chi connectivity index (χ0n) is 11.6. The van der Waals surface area contributed by atoms with Crippen molar-refractivity contribution < 1.29 is 19.0 Å². The third-order valence-electron chi connectivity index (χ3n) is 3.73. The highest BCUT2D eigenvalue weighted by Crippen LogP contribution is 2.25. The second kappa shape index (κ2) is 6.70. The van der Waals surface area contributed by atoms with Gasteiger partial charge in [-0.15, -0.1) is 0 Å². The van der Waals surface area contributed by atoms with Gasteiger partial charge >= 0.3 is 0 Å². The van der Waals surface area contributed by atoms with E-state index < -0.39 is 5.82 Å². The molecular formula is C15H20FNO3. The molecular weight excluding hydrogens is 261 g/mol. The van der Waals surface area contributed by atoms with E-state index in [1.54, 1.807) is 0 Å². The molecule has 0 saturated carbocycles. The minimum atomic E-state index is -0.470. The van der Waals surface area contributed by atoms with Crippen molar-refractivity contribution in [2.45, 2.75) is 31.7 Å². The lowest BCUT2D eigenvalue weighted by molar-refractivity contribution is 0.0724. The Balaban J connectivity index is 2.13. The number of nitrogens with zero attached hydrogens (tertiary/aromatic N) is 1. The van der Waals surface area contributed by atoms with Crippen molar-refractivity contribution in [3.05, 3.63) is 29.6 Å². The van der Waals surface area contributed by atoms with Crippen molar-refractivity contribution >= 4 is 5.91 Å². The molecule has 2 rings (SSSR count). The summed E-state index contributed by atoms with van der Waals surface area (Å²) in [6.45, 7) is 0.859. The van der Waals surface area contributed by atoms with E-state index in [9.17, 15) is 9.18 Å². The fourth-order valence-corrected chi connectivity index (χ4v) is 2.69. The van der Waals surface area contributed by atoms with Crippen LogP contribution in [0.4, 0.5) is 4.39 Å². The molecule has 1 aliphatic heterocycles. The second-order valence-corrected chi connectivity index (χ2v) is 5.01. The molecule has 1 aromatic rings. The van der Waals surface area contributed by atoms with Crippen molar-refractivity contribution in [1.29, 1.82) is 0 Å². The highest BCUT2D eigenvalue weighted by atomic mass is 19.1. The SMILES string of the molecule is COc1cc(C(=O)N2CCCC2CCCO)ccc1F. The minimum Gasteiger partial charge on any atom is -0.494 e. The lowest BCUT2D eigenvalue weighted by Crippen LogP contribution is -2.35. The maximum atomic E-state index is 13.4. The Morgan fingerprint density at radius 1 is 1.55 bits per heavy atom. The summed E-state index contributed by atoms with van der Waals surface area (Å²) in [5.41, 5.74) is 0.444.